The molecule has 0 unspecified atom stereocenters. The second-order valence-electron chi connectivity index (χ2n) is 4.50. The molecule has 1 aromatic rings. The molecule has 6 heteroatoms. The highest BCUT2D eigenvalue weighted by Gasteiger charge is 2.17. The molecule has 1 heterocycles. The molecule has 0 radical (unpaired) electrons. The third kappa shape index (κ3) is 3.44. The minimum atomic E-state index is -3.72. The van der Waals surface area contributed by atoms with Gasteiger partial charge in [-0.2, -0.15) is 0 Å². The highest BCUT2D eigenvalue weighted by molar-refractivity contribution is 7.89. The Bertz CT molecular complexity index is 496. The van der Waals surface area contributed by atoms with Gasteiger partial charge < -0.3 is 10.1 Å². The van der Waals surface area contributed by atoms with Gasteiger partial charge in [0.25, 0.3) is 0 Å². The van der Waals surface area contributed by atoms with Gasteiger partial charge in [-0.3, -0.25) is 0 Å². The first-order chi connectivity index (χ1) is 8.57. The molecule has 0 spiro atoms. The van der Waals surface area contributed by atoms with Crippen LogP contribution in [-0.4, -0.2) is 28.1 Å². The maximum absolute atomic E-state index is 11.4. The van der Waals surface area contributed by atoms with Gasteiger partial charge in [0.05, 0.1) is 6.61 Å². The molecule has 100 valence electrons. The SMILES string of the molecule is NS(=O)(=O)c1ccccc1OCC1CCNCC1. The first-order valence-corrected chi connectivity index (χ1v) is 7.57. The lowest BCUT2D eigenvalue weighted by Crippen LogP contribution is -2.30. The van der Waals surface area contributed by atoms with E-state index in [2.05, 4.69) is 5.32 Å². The fourth-order valence-corrected chi connectivity index (χ4v) is 2.74. The molecule has 3 N–H and O–H groups in total. The van der Waals surface area contributed by atoms with Gasteiger partial charge in [-0.25, -0.2) is 13.6 Å². The van der Waals surface area contributed by atoms with E-state index >= 15 is 0 Å². The molecule has 18 heavy (non-hydrogen) atoms. The van der Waals surface area contributed by atoms with Gasteiger partial charge in [-0.15, -0.1) is 0 Å². The summed E-state index contributed by atoms with van der Waals surface area (Å²) in [6.45, 7) is 2.52. The van der Waals surface area contributed by atoms with Crippen molar-refractivity contribution < 1.29 is 13.2 Å². The summed E-state index contributed by atoms with van der Waals surface area (Å²) in [7, 11) is -3.72. The highest BCUT2D eigenvalue weighted by Crippen LogP contribution is 2.23. The van der Waals surface area contributed by atoms with Gasteiger partial charge in [0, 0.05) is 0 Å². The van der Waals surface area contributed by atoms with Crippen LogP contribution in [0.15, 0.2) is 29.2 Å². The van der Waals surface area contributed by atoms with Crippen molar-refractivity contribution >= 4 is 10.0 Å². The minimum Gasteiger partial charge on any atom is -0.492 e. The quantitative estimate of drug-likeness (QED) is 0.844. The number of para-hydroxylation sites is 1. The van der Waals surface area contributed by atoms with Crippen LogP contribution in [0.3, 0.4) is 0 Å². The first-order valence-electron chi connectivity index (χ1n) is 6.03. The molecule has 1 saturated heterocycles. The summed E-state index contributed by atoms with van der Waals surface area (Å²) in [5, 5.41) is 8.43. The van der Waals surface area contributed by atoms with Gasteiger partial charge in [0.1, 0.15) is 10.6 Å². The number of sulfonamides is 1. The molecular formula is C12H18N2O3S. The average Bonchev–Trinajstić information content (AvgIpc) is 2.37. The molecule has 1 fully saturated rings. The number of benzene rings is 1. The second kappa shape index (κ2) is 5.69. The summed E-state index contributed by atoms with van der Waals surface area (Å²) in [6.07, 6.45) is 2.11. The number of hydrogen-bond acceptors (Lipinski definition) is 4. The second-order valence-corrected chi connectivity index (χ2v) is 6.03. The van der Waals surface area contributed by atoms with Crippen LogP contribution in [0.2, 0.25) is 0 Å². The van der Waals surface area contributed by atoms with Crippen LogP contribution in [-0.2, 0) is 10.0 Å². The normalized spacial score (nSPS) is 17.6. The number of primary sulfonamides is 1. The Labute approximate surface area is 107 Å². The lowest BCUT2D eigenvalue weighted by molar-refractivity contribution is 0.211. The fourth-order valence-electron chi connectivity index (χ4n) is 2.06. The van der Waals surface area contributed by atoms with Crippen molar-refractivity contribution in [3.8, 4) is 5.75 Å². The first kappa shape index (κ1) is 13.3. The van der Waals surface area contributed by atoms with Gasteiger partial charge >= 0.3 is 0 Å². The summed E-state index contributed by atoms with van der Waals surface area (Å²) in [6, 6.07) is 6.48. The van der Waals surface area contributed by atoms with Crippen LogP contribution in [0.25, 0.3) is 0 Å². The number of piperidine rings is 1. The molecule has 0 aliphatic carbocycles. The van der Waals surface area contributed by atoms with Crippen LogP contribution in [0.4, 0.5) is 0 Å². The largest absolute Gasteiger partial charge is 0.492 e. The summed E-state index contributed by atoms with van der Waals surface area (Å²) in [5.74, 6) is 0.818. The van der Waals surface area contributed by atoms with E-state index in [4.69, 9.17) is 9.88 Å². The predicted molar refractivity (Wildman–Crippen MR) is 68.9 cm³/mol. The Balaban J connectivity index is 2.05. The maximum atomic E-state index is 11.4. The van der Waals surface area contributed by atoms with Crippen molar-refractivity contribution in [3.05, 3.63) is 24.3 Å². The van der Waals surface area contributed by atoms with E-state index in [1.807, 2.05) is 0 Å². The molecule has 5 nitrogen and oxygen atoms in total. The Morgan fingerprint density at radius 3 is 2.61 bits per heavy atom. The van der Waals surface area contributed by atoms with Crippen molar-refractivity contribution in [2.24, 2.45) is 11.1 Å². The van der Waals surface area contributed by atoms with Crippen LogP contribution in [0.5, 0.6) is 5.75 Å². The van der Waals surface area contributed by atoms with Crippen molar-refractivity contribution in [1.82, 2.24) is 5.32 Å². The minimum absolute atomic E-state index is 0.0546. The van der Waals surface area contributed by atoms with Crippen molar-refractivity contribution in [3.63, 3.8) is 0 Å². The van der Waals surface area contributed by atoms with Gasteiger partial charge in [-0.05, 0) is 44.0 Å². The van der Waals surface area contributed by atoms with Crippen molar-refractivity contribution in [1.29, 1.82) is 0 Å². The van der Waals surface area contributed by atoms with Gasteiger partial charge in [-0.1, -0.05) is 12.1 Å². The number of nitrogens with two attached hydrogens (primary N) is 1. The molecule has 0 saturated carbocycles. The molecule has 1 aromatic carbocycles. The van der Waals surface area contributed by atoms with Gasteiger partial charge in [0.15, 0.2) is 0 Å². The van der Waals surface area contributed by atoms with Crippen LogP contribution < -0.4 is 15.2 Å². The number of nitrogens with one attached hydrogen (secondary N) is 1. The number of rotatable bonds is 4. The third-order valence-corrected chi connectivity index (χ3v) is 4.04. The lowest BCUT2D eigenvalue weighted by Gasteiger charge is -2.23. The molecule has 1 aliphatic heterocycles. The molecule has 0 bridgehead atoms. The van der Waals surface area contributed by atoms with E-state index in [0.717, 1.165) is 25.9 Å². The maximum Gasteiger partial charge on any atom is 0.241 e. The van der Waals surface area contributed by atoms with E-state index < -0.39 is 10.0 Å². The predicted octanol–water partition coefficient (Wildman–Crippen LogP) is 0.712. The molecule has 0 amide bonds. The van der Waals surface area contributed by atoms with E-state index in [9.17, 15) is 8.42 Å². The molecule has 2 rings (SSSR count). The monoisotopic (exact) mass is 270 g/mol. The average molecular weight is 270 g/mol. The number of ether oxygens (including phenoxy) is 1. The van der Waals surface area contributed by atoms with Crippen molar-refractivity contribution in [2.45, 2.75) is 17.7 Å². The topological polar surface area (TPSA) is 81.4 Å². The Kier molecular flexibility index (Phi) is 4.21. The molecular weight excluding hydrogens is 252 g/mol. The Morgan fingerprint density at radius 2 is 1.94 bits per heavy atom. The van der Waals surface area contributed by atoms with Crippen LogP contribution >= 0.6 is 0 Å². The molecule has 0 atom stereocenters. The number of hydrogen-bond donors (Lipinski definition) is 2. The third-order valence-electron chi connectivity index (χ3n) is 3.09. The summed E-state index contributed by atoms with van der Waals surface area (Å²) in [4.78, 5) is 0.0546. The van der Waals surface area contributed by atoms with E-state index in [1.54, 1.807) is 18.2 Å². The van der Waals surface area contributed by atoms with Crippen LogP contribution in [0.1, 0.15) is 12.8 Å². The Morgan fingerprint density at radius 1 is 1.28 bits per heavy atom. The lowest BCUT2D eigenvalue weighted by atomic mass is 9.99. The standard InChI is InChI=1S/C12H18N2O3S/c13-18(15,16)12-4-2-1-3-11(12)17-9-10-5-7-14-8-6-10/h1-4,10,14H,5-9H2,(H2,13,15,16). The fraction of sp³-hybridized carbons (Fsp3) is 0.500. The highest BCUT2D eigenvalue weighted by atomic mass is 32.2. The molecule has 1 aliphatic rings. The van der Waals surface area contributed by atoms with Crippen molar-refractivity contribution in [2.75, 3.05) is 19.7 Å². The van der Waals surface area contributed by atoms with Gasteiger partial charge in [0.2, 0.25) is 10.0 Å². The van der Waals surface area contributed by atoms with Crippen LogP contribution in [0, 0.1) is 5.92 Å². The summed E-state index contributed by atoms with van der Waals surface area (Å²) >= 11 is 0. The zero-order valence-electron chi connectivity index (χ0n) is 10.1. The molecule has 0 aromatic heterocycles. The van der Waals surface area contributed by atoms with E-state index in [0.29, 0.717) is 18.3 Å². The zero-order chi connectivity index (χ0) is 13.0. The summed E-state index contributed by atoms with van der Waals surface area (Å²) in [5.41, 5.74) is 0. The summed E-state index contributed by atoms with van der Waals surface area (Å²) < 4.78 is 28.4. The smallest absolute Gasteiger partial charge is 0.241 e. The Hall–Kier alpha value is -1.11. The van der Waals surface area contributed by atoms with E-state index in [-0.39, 0.29) is 4.90 Å². The zero-order valence-corrected chi connectivity index (χ0v) is 10.9. The van der Waals surface area contributed by atoms with E-state index in [1.165, 1.54) is 6.07 Å².